The van der Waals surface area contributed by atoms with Crippen LogP contribution in [0.2, 0.25) is 0 Å². The molecule has 4 nitrogen and oxygen atoms in total. The number of benzene rings is 1. The minimum atomic E-state index is -0.755. The first-order valence-corrected chi connectivity index (χ1v) is 6.91. The minimum Gasteiger partial charge on any atom is -0.449 e. The van der Waals surface area contributed by atoms with Crippen molar-refractivity contribution in [2.45, 2.75) is 31.9 Å². The fourth-order valence-corrected chi connectivity index (χ4v) is 2.06. The second-order valence-corrected chi connectivity index (χ2v) is 5.47. The van der Waals surface area contributed by atoms with Crippen molar-refractivity contribution in [3.8, 4) is 0 Å². The molecule has 1 aliphatic rings. The molecule has 5 heteroatoms. The van der Waals surface area contributed by atoms with Crippen LogP contribution in [0.15, 0.2) is 24.3 Å². The lowest BCUT2D eigenvalue weighted by Gasteiger charge is -2.13. The Morgan fingerprint density at radius 3 is 2.67 bits per heavy atom. The van der Waals surface area contributed by atoms with Crippen LogP contribution in [-0.2, 0) is 9.53 Å². The molecule has 1 saturated carbocycles. The Hall–Kier alpha value is -1.11. The molecule has 1 aliphatic carbocycles. The van der Waals surface area contributed by atoms with Gasteiger partial charge in [-0.2, -0.15) is 0 Å². The molecule has 0 aromatic heterocycles. The van der Waals surface area contributed by atoms with E-state index in [1.165, 1.54) is 0 Å². The van der Waals surface area contributed by atoms with E-state index in [-0.39, 0.29) is 11.9 Å². The van der Waals surface area contributed by atoms with Gasteiger partial charge in [0, 0.05) is 9.61 Å². The van der Waals surface area contributed by atoms with Crippen LogP contribution in [0.3, 0.4) is 0 Å². The molecule has 0 unspecified atom stereocenters. The van der Waals surface area contributed by atoms with E-state index in [4.69, 9.17) is 4.74 Å². The summed E-state index contributed by atoms with van der Waals surface area (Å²) in [5.74, 6) is -0.685. The number of esters is 1. The van der Waals surface area contributed by atoms with Gasteiger partial charge in [-0.3, -0.25) is 4.79 Å². The highest BCUT2D eigenvalue weighted by atomic mass is 127. The zero-order valence-electron chi connectivity index (χ0n) is 9.98. The van der Waals surface area contributed by atoms with Gasteiger partial charge in [0.2, 0.25) is 0 Å². The van der Waals surface area contributed by atoms with Crippen LogP contribution in [0, 0.1) is 3.57 Å². The van der Waals surface area contributed by atoms with Gasteiger partial charge in [0.1, 0.15) is 0 Å². The molecule has 0 radical (unpaired) electrons. The molecule has 1 fully saturated rings. The van der Waals surface area contributed by atoms with Gasteiger partial charge >= 0.3 is 5.97 Å². The number of halogens is 1. The fraction of sp³-hybridized carbons (Fsp3) is 0.385. The SMILES string of the molecule is C[C@@H](OC(=O)c1ccccc1I)C(=O)NC1CC1. The van der Waals surface area contributed by atoms with Crippen molar-refractivity contribution < 1.29 is 14.3 Å². The molecule has 0 saturated heterocycles. The Kier molecular flexibility index (Phi) is 4.21. The Morgan fingerprint density at radius 2 is 2.06 bits per heavy atom. The van der Waals surface area contributed by atoms with Crippen molar-refractivity contribution in [2.75, 3.05) is 0 Å². The molecule has 0 spiro atoms. The number of amides is 1. The largest absolute Gasteiger partial charge is 0.449 e. The number of nitrogens with one attached hydrogen (secondary N) is 1. The molecule has 1 aromatic carbocycles. The smallest absolute Gasteiger partial charge is 0.339 e. The molecule has 0 heterocycles. The summed E-state index contributed by atoms with van der Waals surface area (Å²) < 4.78 is 5.97. The van der Waals surface area contributed by atoms with Crippen molar-refractivity contribution in [3.05, 3.63) is 33.4 Å². The second-order valence-electron chi connectivity index (χ2n) is 4.31. The lowest BCUT2D eigenvalue weighted by molar-refractivity contribution is -0.129. The second kappa shape index (κ2) is 5.69. The van der Waals surface area contributed by atoms with Crippen LogP contribution in [0.5, 0.6) is 0 Å². The number of hydrogen-bond acceptors (Lipinski definition) is 3. The van der Waals surface area contributed by atoms with Crippen LogP contribution < -0.4 is 5.32 Å². The molecule has 96 valence electrons. The molecular formula is C13H14INO3. The maximum atomic E-state index is 11.9. The van der Waals surface area contributed by atoms with Crippen molar-refractivity contribution >= 4 is 34.5 Å². The zero-order chi connectivity index (χ0) is 13.1. The van der Waals surface area contributed by atoms with E-state index in [0.717, 1.165) is 16.4 Å². The van der Waals surface area contributed by atoms with Gasteiger partial charge in [-0.25, -0.2) is 4.79 Å². The molecular weight excluding hydrogens is 345 g/mol. The number of ether oxygens (including phenoxy) is 1. The van der Waals surface area contributed by atoms with E-state index in [1.54, 1.807) is 19.1 Å². The molecule has 2 rings (SSSR count). The van der Waals surface area contributed by atoms with E-state index >= 15 is 0 Å². The van der Waals surface area contributed by atoms with Crippen LogP contribution in [0.25, 0.3) is 0 Å². The average molecular weight is 359 g/mol. The summed E-state index contributed by atoms with van der Waals surface area (Å²) in [6.45, 7) is 1.59. The van der Waals surface area contributed by atoms with Crippen molar-refractivity contribution in [3.63, 3.8) is 0 Å². The standard InChI is InChI=1S/C13H14INO3/c1-8(12(16)15-9-6-7-9)18-13(17)10-4-2-3-5-11(10)14/h2-5,8-9H,6-7H2,1H3,(H,15,16)/t8-/m1/s1. The summed E-state index contributed by atoms with van der Waals surface area (Å²) in [6, 6.07) is 7.41. The number of carbonyl (C=O) groups is 2. The minimum absolute atomic E-state index is 0.225. The van der Waals surface area contributed by atoms with E-state index in [9.17, 15) is 9.59 Å². The van der Waals surface area contributed by atoms with Gasteiger partial charge in [-0.05, 0) is 54.5 Å². The molecule has 1 aromatic rings. The summed E-state index contributed by atoms with van der Waals surface area (Å²) in [5, 5.41) is 2.81. The third-order valence-corrected chi connectivity index (χ3v) is 3.61. The Balaban J connectivity index is 1.94. The van der Waals surface area contributed by atoms with Gasteiger partial charge in [0.05, 0.1) is 5.56 Å². The van der Waals surface area contributed by atoms with E-state index in [1.807, 2.05) is 12.1 Å². The highest BCUT2D eigenvalue weighted by molar-refractivity contribution is 14.1. The predicted octanol–water partition coefficient (Wildman–Crippen LogP) is 2.12. The van der Waals surface area contributed by atoms with Crippen LogP contribution in [0.1, 0.15) is 30.1 Å². The molecule has 18 heavy (non-hydrogen) atoms. The Bertz CT molecular complexity index is 471. The van der Waals surface area contributed by atoms with E-state index in [2.05, 4.69) is 27.9 Å². The predicted molar refractivity (Wildman–Crippen MR) is 75.2 cm³/mol. The van der Waals surface area contributed by atoms with Crippen molar-refractivity contribution in [2.24, 2.45) is 0 Å². The Morgan fingerprint density at radius 1 is 1.39 bits per heavy atom. The van der Waals surface area contributed by atoms with Crippen molar-refractivity contribution in [1.29, 1.82) is 0 Å². The van der Waals surface area contributed by atoms with Gasteiger partial charge in [-0.15, -0.1) is 0 Å². The van der Waals surface area contributed by atoms with Gasteiger partial charge in [-0.1, -0.05) is 12.1 Å². The fourth-order valence-electron chi connectivity index (χ4n) is 1.45. The first-order valence-electron chi connectivity index (χ1n) is 5.84. The number of rotatable bonds is 4. The van der Waals surface area contributed by atoms with Gasteiger partial charge < -0.3 is 10.1 Å². The third-order valence-electron chi connectivity index (χ3n) is 2.67. The molecule has 0 aliphatic heterocycles. The zero-order valence-corrected chi connectivity index (χ0v) is 12.1. The highest BCUT2D eigenvalue weighted by Crippen LogP contribution is 2.19. The monoisotopic (exact) mass is 359 g/mol. The van der Waals surface area contributed by atoms with Gasteiger partial charge in [0.25, 0.3) is 5.91 Å². The van der Waals surface area contributed by atoms with Crippen molar-refractivity contribution in [1.82, 2.24) is 5.32 Å². The molecule has 1 atom stereocenters. The Labute approximate surface area is 119 Å². The van der Waals surface area contributed by atoms with E-state index in [0.29, 0.717) is 5.56 Å². The first kappa shape index (κ1) is 13.3. The summed E-state index contributed by atoms with van der Waals surface area (Å²) in [7, 11) is 0. The molecule has 0 bridgehead atoms. The average Bonchev–Trinajstić information content (AvgIpc) is 3.13. The maximum absolute atomic E-state index is 11.9. The van der Waals surface area contributed by atoms with Crippen LogP contribution >= 0.6 is 22.6 Å². The first-order chi connectivity index (χ1) is 8.58. The molecule has 1 amide bonds. The van der Waals surface area contributed by atoms with E-state index < -0.39 is 12.1 Å². The third kappa shape index (κ3) is 3.44. The number of hydrogen-bond donors (Lipinski definition) is 1. The van der Waals surface area contributed by atoms with Crippen LogP contribution in [-0.4, -0.2) is 24.0 Å². The summed E-state index contributed by atoms with van der Waals surface area (Å²) in [5.41, 5.74) is 0.490. The quantitative estimate of drug-likeness (QED) is 0.662. The lowest BCUT2D eigenvalue weighted by Crippen LogP contribution is -2.37. The number of carbonyl (C=O) groups excluding carboxylic acids is 2. The van der Waals surface area contributed by atoms with Gasteiger partial charge in [0.15, 0.2) is 6.10 Å². The highest BCUT2D eigenvalue weighted by Gasteiger charge is 2.27. The summed E-state index contributed by atoms with van der Waals surface area (Å²) in [6.07, 6.45) is 1.28. The topological polar surface area (TPSA) is 55.4 Å². The molecule has 1 N–H and O–H groups in total. The van der Waals surface area contributed by atoms with Crippen LogP contribution in [0.4, 0.5) is 0 Å². The summed E-state index contributed by atoms with van der Waals surface area (Å²) in [4.78, 5) is 23.5. The normalized spacial score (nSPS) is 15.9. The maximum Gasteiger partial charge on any atom is 0.339 e. The summed E-state index contributed by atoms with van der Waals surface area (Å²) >= 11 is 2.07. The lowest BCUT2D eigenvalue weighted by atomic mass is 10.2.